The van der Waals surface area contributed by atoms with Gasteiger partial charge in [-0.3, -0.25) is 4.79 Å². The molecule has 1 aliphatic rings. The molecule has 0 saturated heterocycles. The van der Waals surface area contributed by atoms with E-state index in [1.54, 1.807) is 14.1 Å². The molecular weight excluding hydrogens is 491 g/mol. The second-order valence-corrected chi connectivity index (χ2v) is 9.59. The van der Waals surface area contributed by atoms with Crippen molar-refractivity contribution in [1.29, 1.82) is 0 Å². The van der Waals surface area contributed by atoms with E-state index >= 15 is 0 Å². The van der Waals surface area contributed by atoms with E-state index in [2.05, 4.69) is 4.40 Å². The lowest BCUT2D eigenvalue weighted by molar-refractivity contribution is -0.144. The number of fused-ring (bicyclic) bond motifs is 1. The van der Waals surface area contributed by atoms with E-state index in [0.29, 0.717) is 5.56 Å². The first-order chi connectivity index (χ1) is 14.4. The number of ketones is 1. The smallest absolute Gasteiger partial charge is 0.345 e. The summed E-state index contributed by atoms with van der Waals surface area (Å²) < 4.78 is 33.8. The molecule has 0 radical (unpaired) electrons. The maximum absolute atomic E-state index is 13.1. The number of sulfonamides is 1. The molecule has 2 aromatic rings. The standard InChI is InChI=1S/C19H15Cl3N2O6S/c1-24(2)8-23-31(28,29)14-7-9(3-4-12(14)20)17(25)11-5-10-6-13(19(26)27)30-18(10)16(22)15(11)21/h3-5,7-8,13H,6H2,1-2H3,(H,26,27)/b23-8+. The molecule has 0 spiro atoms. The van der Waals surface area contributed by atoms with Crippen LogP contribution in [0.5, 0.6) is 5.75 Å². The summed E-state index contributed by atoms with van der Waals surface area (Å²) in [6.07, 6.45) is -0.0481. The van der Waals surface area contributed by atoms with E-state index in [4.69, 9.17) is 44.6 Å². The molecule has 0 fully saturated rings. The fraction of sp³-hybridized carbons (Fsp3) is 0.211. The van der Waals surface area contributed by atoms with Crippen molar-refractivity contribution in [1.82, 2.24) is 4.90 Å². The average molecular weight is 506 g/mol. The van der Waals surface area contributed by atoms with Gasteiger partial charge in [-0.15, -0.1) is 4.40 Å². The number of rotatable bonds is 6. The Labute approximate surface area is 193 Å². The number of benzene rings is 2. The SMILES string of the molecule is CN(C)/C=N/S(=O)(=O)c1cc(C(=O)c2cc3c(c(Cl)c2Cl)OC(C(=O)O)C3)ccc1Cl. The highest BCUT2D eigenvalue weighted by Gasteiger charge is 2.33. The van der Waals surface area contributed by atoms with Gasteiger partial charge in [0.15, 0.2) is 11.9 Å². The predicted octanol–water partition coefficient (Wildman–Crippen LogP) is 3.54. The molecule has 8 nitrogen and oxygen atoms in total. The van der Waals surface area contributed by atoms with Crippen molar-refractivity contribution in [3.63, 3.8) is 0 Å². The van der Waals surface area contributed by atoms with Crippen LogP contribution in [0.25, 0.3) is 0 Å². The third-order valence-electron chi connectivity index (χ3n) is 4.31. The first kappa shape index (κ1) is 23.3. The third-order valence-corrected chi connectivity index (χ3v) is 6.87. The van der Waals surface area contributed by atoms with Crippen molar-refractivity contribution >= 4 is 62.9 Å². The minimum absolute atomic E-state index is 0.00132. The van der Waals surface area contributed by atoms with Crippen molar-refractivity contribution in [3.05, 3.63) is 56.0 Å². The van der Waals surface area contributed by atoms with Gasteiger partial charge in [-0.05, 0) is 24.3 Å². The zero-order chi connectivity index (χ0) is 23.1. The molecule has 1 unspecified atom stereocenters. The number of hydrogen-bond acceptors (Lipinski definition) is 5. The maximum Gasteiger partial charge on any atom is 0.345 e. The molecule has 1 aliphatic heterocycles. The number of hydrogen-bond donors (Lipinski definition) is 1. The van der Waals surface area contributed by atoms with Gasteiger partial charge in [0.25, 0.3) is 10.0 Å². The van der Waals surface area contributed by atoms with Crippen molar-refractivity contribution in [2.24, 2.45) is 4.40 Å². The van der Waals surface area contributed by atoms with Gasteiger partial charge in [-0.1, -0.05) is 34.8 Å². The van der Waals surface area contributed by atoms with Crippen LogP contribution in [0.3, 0.4) is 0 Å². The largest absolute Gasteiger partial charge is 0.478 e. The lowest BCUT2D eigenvalue weighted by Crippen LogP contribution is -2.24. The number of carbonyl (C=O) groups is 2. The summed E-state index contributed by atoms with van der Waals surface area (Å²) in [5.74, 6) is -1.70. The third kappa shape index (κ3) is 4.64. The lowest BCUT2D eigenvalue weighted by atomic mass is 9.99. The summed E-state index contributed by atoms with van der Waals surface area (Å²) >= 11 is 18.5. The molecule has 1 atom stereocenters. The van der Waals surface area contributed by atoms with Gasteiger partial charge < -0.3 is 14.7 Å². The zero-order valence-corrected chi connectivity index (χ0v) is 19.2. The summed E-state index contributed by atoms with van der Waals surface area (Å²) in [5, 5.41) is 8.82. The number of ether oxygens (including phenoxy) is 1. The van der Waals surface area contributed by atoms with Crippen molar-refractivity contribution in [2.45, 2.75) is 17.4 Å². The van der Waals surface area contributed by atoms with E-state index in [1.165, 1.54) is 23.1 Å². The Bertz CT molecular complexity index is 1230. The molecule has 0 aromatic heterocycles. The zero-order valence-electron chi connectivity index (χ0n) is 16.1. The van der Waals surface area contributed by atoms with Crippen LogP contribution >= 0.6 is 34.8 Å². The Morgan fingerprint density at radius 3 is 2.48 bits per heavy atom. The second-order valence-electron chi connectivity index (χ2n) is 6.82. The Balaban J connectivity index is 2.05. The van der Waals surface area contributed by atoms with Gasteiger partial charge in [0.05, 0.1) is 10.0 Å². The van der Waals surface area contributed by atoms with Crippen LogP contribution in [0.15, 0.2) is 33.6 Å². The number of carboxylic acid groups (broad SMARTS) is 1. The van der Waals surface area contributed by atoms with Gasteiger partial charge >= 0.3 is 5.97 Å². The van der Waals surface area contributed by atoms with Crippen molar-refractivity contribution in [3.8, 4) is 5.75 Å². The molecule has 1 N–H and O–H groups in total. The van der Waals surface area contributed by atoms with Crippen LogP contribution in [0.4, 0.5) is 0 Å². The molecule has 3 rings (SSSR count). The predicted molar refractivity (Wildman–Crippen MR) is 116 cm³/mol. The molecule has 164 valence electrons. The number of halogens is 3. The first-order valence-electron chi connectivity index (χ1n) is 8.64. The summed E-state index contributed by atoms with van der Waals surface area (Å²) in [4.78, 5) is 25.4. The van der Waals surface area contributed by atoms with Crippen molar-refractivity contribution in [2.75, 3.05) is 14.1 Å². The highest BCUT2D eigenvalue weighted by Crippen LogP contribution is 2.43. The lowest BCUT2D eigenvalue weighted by Gasteiger charge is -2.11. The normalized spacial score (nSPS) is 15.6. The number of carbonyl (C=O) groups excluding carboxylic acids is 1. The van der Waals surface area contributed by atoms with Crippen LogP contribution in [0, 0.1) is 0 Å². The van der Waals surface area contributed by atoms with Gasteiger partial charge in [0.1, 0.15) is 22.0 Å². The molecule has 0 amide bonds. The summed E-state index contributed by atoms with van der Waals surface area (Å²) in [5.41, 5.74) is 0.361. The fourth-order valence-corrected chi connectivity index (χ4v) is 4.76. The topological polar surface area (TPSA) is 113 Å². The van der Waals surface area contributed by atoms with E-state index in [0.717, 1.165) is 12.4 Å². The molecule has 31 heavy (non-hydrogen) atoms. The summed E-state index contributed by atoms with van der Waals surface area (Å²) in [7, 11) is -0.978. The summed E-state index contributed by atoms with van der Waals surface area (Å²) in [6.45, 7) is 0. The summed E-state index contributed by atoms with van der Waals surface area (Å²) in [6, 6.07) is 5.09. The molecule has 2 aromatic carbocycles. The molecule has 0 saturated carbocycles. The molecule has 0 aliphatic carbocycles. The van der Waals surface area contributed by atoms with Crippen molar-refractivity contribution < 1.29 is 27.9 Å². The Morgan fingerprint density at radius 1 is 1.19 bits per heavy atom. The minimum Gasteiger partial charge on any atom is -0.478 e. The maximum atomic E-state index is 13.1. The monoisotopic (exact) mass is 504 g/mol. The van der Waals surface area contributed by atoms with Crippen LogP contribution in [0.2, 0.25) is 15.1 Å². The number of aliphatic carboxylic acids is 1. The average Bonchev–Trinajstić information content (AvgIpc) is 3.14. The Morgan fingerprint density at radius 2 is 1.87 bits per heavy atom. The molecule has 0 bridgehead atoms. The van der Waals surface area contributed by atoms with E-state index < -0.39 is 27.9 Å². The van der Waals surface area contributed by atoms with Gasteiger partial charge in [0, 0.05) is 37.2 Å². The minimum atomic E-state index is -4.17. The highest BCUT2D eigenvalue weighted by atomic mass is 35.5. The second kappa shape index (κ2) is 8.66. The molecule has 1 heterocycles. The number of nitrogens with zero attached hydrogens (tertiary/aromatic N) is 2. The van der Waals surface area contributed by atoms with Gasteiger partial charge in [-0.2, -0.15) is 8.42 Å². The van der Waals surface area contributed by atoms with E-state index in [-0.39, 0.29) is 43.3 Å². The number of carboxylic acids is 1. The van der Waals surface area contributed by atoms with Gasteiger partial charge in [0.2, 0.25) is 0 Å². The highest BCUT2D eigenvalue weighted by molar-refractivity contribution is 7.90. The Kier molecular flexibility index (Phi) is 6.52. The van der Waals surface area contributed by atoms with Crippen LogP contribution in [0.1, 0.15) is 21.5 Å². The quantitative estimate of drug-likeness (QED) is 0.363. The van der Waals surface area contributed by atoms with Gasteiger partial charge in [-0.25, -0.2) is 4.79 Å². The van der Waals surface area contributed by atoms with Crippen LogP contribution < -0.4 is 4.74 Å². The fourth-order valence-electron chi connectivity index (χ4n) is 2.84. The van der Waals surface area contributed by atoms with E-state index in [1.807, 2.05) is 0 Å². The molecular formula is C19H15Cl3N2O6S. The van der Waals surface area contributed by atoms with Crippen LogP contribution in [-0.4, -0.2) is 56.7 Å². The molecule has 12 heteroatoms. The van der Waals surface area contributed by atoms with Crippen LogP contribution in [-0.2, 0) is 21.2 Å². The first-order valence-corrected chi connectivity index (χ1v) is 11.2. The van der Waals surface area contributed by atoms with E-state index in [9.17, 15) is 18.0 Å². The Hall–Kier alpha value is -2.33.